The third kappa shape index (κ3) is 4.84. The van der Waals surface area contributed by atoms with Gasteiger partial charge in [0.25, 0.3) is 0 Å². The summed E-state index contributed by atoms with van der Waals surface area (Å²) in [5.41, 5.74) is 1.53. The Morgan fingerprint density at radius 3 is 1.85 bits per heavy atom. The molecule has 1 aromatic carbocycles. The lowest BCUT2D eigenvalue weighted by atomic mass is 9.71. The van der Waals surface area contributed by atoms with Crippen LogP contribution in [0, 0.1) is 17.8 Å². The van der Waals surface area contributed by atoms with Gasteiger partial charge >= 0.3 is 0 Å². The van der Waals surface area contributed by atoms with Gasteiger partial charge in [-0.25, -0.2) is 0 Å². The summed E-state index contributed by atoms with van der Waals surface area (Å²) < 4.78 is 6.17. The molecule has 0 unspecified atom stereocenters. The van der Waals surface area contributed by atoms with Crippen LogP contribution >= 0.6 is 0 Å². The summed E-state index contributed by atoms with van der Waals surface area (Å²) in [6.45, 7) is 0.931. The average Bonchev–Trinajstić information content (AvgIpc) is 2.74. The van der Waals surface area contributed by atoms with Crippen molar-refractivity contribution in [1.82, 2.24) is 0 Å². The van der Waals surface area contributed by atoms with Crippen LogP contribution in [0.2, 0.25) is 0 Å². The van der Waals surface area contributed by atoms with Crippen molar-refractivity contribution in [2.45, 2.75) is 95.8 Å². The van der Waals surface area contributed by atoms with Crippen LogP contribution in [0.1, 0.15) is 101 Å². The SMILES string of the molecule is c1cc(C2CCCCC2)ccc1OCC1CCC(C2CCCCC2)CC1. The second kappa shape index (κ2) is 9.29. The number of hydrogen-bond donors (Lipinski definition) is 0. The first kappa shape index (κ1) is 18.4. The van der Waals surface area contributed by atoms with Gasteiger partial charge in [0.15, 0.2) is 0 Å². The molecule has 3 aliphatic rings. The molecule has 26 heavy (non-hydrogen) atoms. The predicted octanol–water partition coefficient (Wildman–Crippen LogP) is 7.50. The van der Waals surface area contributed by atoms with E-state index in [-0.39, 0.29) is 0 Å². The van der Waals surface area contributed by atoms with Gasteiger partial charge in [0.05, 0.1) is 6.61 Å². The highest BCUT2D eigenvalue weighted by Gasteiger charge is 2.28. The Morgan fingerprint density at radius 1 is 0.615 bits per heavy atom. The lowest BCUT2D eigenvalue weighted by Crippen LogP contribution is -2.26. The fraction of sp³-hybridized carbons (Fsp3) is 0.760. The van der Waals surface area contributed by atoms with Crippen molar-refractivity contribution in [3.05, 3.63) is 29.8 Å². The zero-order chi connectivity index (χ0) is 17.6. The molecule has 0 amide bonds. The predicted molar refractivity (Wildman–Crippen MR) is 110 cm³/mol. The van der Waals surface area contributed by atoms with Crippen LogP contribution in [0.25, 0.3) is 0 Å². The molecule has 0 aliphatic heterocycles. The maximum absolute atomic E-state index is 6.17. The summed E-state index contributed by atoms with van der Waals surface area (Å²) in [7, 11) is 0. The highest BCUT2D eigenvalue weighted by atomic mass is 16.5. The molecule has 4 rings (SSSR count). The standard InChI is InChI=1S/C25H38O/c1-3-7-21(8-4-1)23-13-11-20(12-14-23)19-26-25-17-15-24(16-18-25)22-9-5-2-6-10-22/h15-18,20-23H,1-14,19H2. The van der Waals surface area contributed by atoms with Gasteiger partial charge in [-0.2, -0.15) is 0 Å². The van der Waals surface area contributed by atoms with E-state index in [0.29, 0.717) is 0 Å². The summed E-state index contributed by atoms with van der Waals surface area (Å²) in [6, 6.07) is 9.09. The Kier molecular flexibility index (Phi) is 6.57. The number of ether oxygens (including phenoxy) is 1. The van der Waals surface area contributed by atoms with E-state index in [1.165, 1.54) is 95.5 Å². The normalized spacial score (nSPS) is 28.8. The van der Waals surface area contributed by atoms with Gasteiger partial charge in [-0.3, -0.25) is 0 Å². The van der Waals surface area contributed by atoms with Crippen molar-refractivity contribution >= 4 is 0 Å². The van der Waals surface area contributed by atoms with Crippen molar-refractivity contribution < 1.29 is 4.74 Å². The second-order valence-corrected chi connectivity index (χ2v) is 9.39. The molecular weight excluding hydrogens is 316 g/mol. The van der Waals surface area contributed by atoms with Gasteiger partial charge in [0.1, 0.15) is 5.75 Å². The van der Waals surface area contributed by atoms with Crippen molar-refractivity contribution in [3.8, 4) is 5.75 Å². The summed E-state index contributed by atoms with van der Waals surface area (Å²) in [5, 5.41) is 0. The monoisotopic (exact) mass is 354 g/mol. The van der Waals surface area contributed by atoms with Crippen LogP contribution in [0.15, 0.2) is 24.3 Å². The van der Waals surface area contributed by atoms with Gasteiger partial charge < -0.3 is 4.74 Å². The Hall–Kier alpha value is -0.980. The Labute approximate surface area is 160 Å². The van der Waals surface area contributed by atoms with Crippen molar-refractivity contribution in [3.63, 3.8) is 0 Å². The molecule has 0 spiro atoms. The van der Waals surface area contributed by atoms with E-state index >= 15 is 0 Å². The van der Waals surface area contributed by atoms with Crippen LogP contribution in [0.3, 0.4) is 0 Å². The zero-order valence-corrected chi connectivity index (χ0v) is 16.6. The lowest BCUT2D eigenvalue weighted by Gasteiger charge is -2.35. The highest BCUT2D eigenvalue weighted by Crippen LogP contribution is 2.40. The summed E-state index contributed by atoms with van der Waals surface area (Å²) >= 11 is 0. The Bertz CT molecular complexity index is 514. The molecule has 1 aromatic rings. The van der Waals surface area contributed by atoms with Crippen molar-refractivity contribution in [1.29, 1.82) is 0 Å². The summed E-state index contributed by atoms with van der Waals surface area (Å²) in [5.74, 6) is 4.75. The van der Waals surface area contributed by atoms with Gasteiger partial charge in [-0.1, -0.05) is 63.5 Å². The van der Waals surface area contributed by atoms with E-state index < -0.39 is 0 Å². The molecule has 1 heteroatoms. The first-order chi connectivity index (χ1) is 12.9. The molecule has 3 fully saturated rings. The largest absolute Gasteiger partial charge is 0.493 e. The topological polar surface area (TPSA) is 9.23 Å². The first-order valence-electron chi connectivity index (χ1n) is 11.6. The fourth-order valence-corrected chi connectivity index (χ4v) is 5.92. The molecular formula is C25H38O. The van der Waals surface area contributed by atoms with E-state index in [1.54, 1.807) is 0 Å². The van der Waals surface area contributed by atoms with Gasteiger partial charge in [-0.05, 0) is 79.9 Å². The highest BCUT2D eigenvalue weighted by molar-refractivity contribution is 5.29. The molecule has 3 saturated carbocycles. The third-order valence-electron chi connectivity index (χ3n) is 7.65. The van der Waals surface area contributed by atoms with Crippen LogP contribution in [0.4, 0.5) is 0 Å². The van der Waals surface area contributed by atoms with E-state index in [9.17, 15) is 0 Å². The minimum absolute atomic E-state index is 0.785. The Morgan fingerprint density at radius 2 is 1.19 bits per heavy atom. The quantitative estimate of drug-likeness (QED) is 0.532. The minimum Gasteiger partial charge on any atom is -0.493 e. The lowest BCUT2D eigenvalue weighted by molar-refractivity contribution is 0.135. The van der Waals surface area contributed by atoms with E-state index in [4.69, 9.17) is 4.74 Å². The third-order valence-corrected chi connectivity index (χ3v) is 7.65. The van der Waals surface area contributed by atoms with E-state index in [0.717, 1.165) is 36.0 Å². The Balaban J connectivity index is 1.19. The summed E-state index contributed by atoms with van der Waals surface area (Å²) in [4.78, 5) is 0. The van der Waals surface area contributed by atoms with Crippen molar-refractivity contribution in [2.75, 3.05) is 6.61 Å². The van der Waals surface area contributed by atoms with Gasteiger partial charge in [0, 0.05) is 0 Å². The minimum atomic E-state index is 0.785. The number of rotatable bonds is 5. The van der Waals surface area contributed by atoms with Crippen molar-refractivity contribution in [2.24, 2.45) is 17.8 Å². The number of benzene rings is 1. The molecule has 3 aliphatic carbocycles. The van der Waals surface area contributed by atoms with Crippen LogP contribution in [-0.2, 0) is 0 Å². The molecule has 0 radical (unpaired) electrons. The zero-order valence-electron chi connectivity index (χ0n) is 16.6. The molecule has 0 aromatic heterocycles. The molecule has 0 saturated heterocycles. The average molecular weight is 355 g/mol. The first-order valence-corrected chi connectivity index (χ1v) is 11.6. The van der Waals surface area contributed by atoms with Gasteiger partial charge in [0.2, 0.25) is 0 Å². The van der Waals surface area contributed by atoms with E-state index in [2.05, 4.69) is 24.3 Å². The fourth-order valence-electron chi connectivity index (χ4n) is 5.92. The van der Waals surface area contributed by atoms with Gasteiger partial charge in [-0.15, -0.1) is 0 Å². The smallest absolute Gasteiger partial charge is 0.119 e. The maximum Gasteiger partial charge on any atom is 0.119 e. The molecule has 1 nitrogen and oxygen atoms in total. The molecule has 144 valence electrons. The van der Waals surface area contributed by atoms with Crippen LogP contribution < -0.4 is 4.74 Å². The van der Waals surface area contributed by atoms with Crippen LogP contribution in [0.5, 0.6) is 5.75 Å². The number of hydrogen-bond acceptors (Lipinski definition) is 1. The molecule has 0 N–H and O–H groups in total. The summed E-state index contributed by atoms with van der Waals surface area (Å²) in [6.07, 6.45) is 20.2. The van der Waals surface area contributed by atoms with Crippen LogP contribution in [-0.4, -0.2) is 6.61 Å². The second-order valence-electron chi connectivity index (χ2n) is 9.39. The van der Waals surface area contributed by atoms with E-state index in [1.807, 2.05) is 0 Å². The molecule has 0 heterocycles. The molecule has 0 atom stereocenters. The molecule has 0 bridgehead atoms. The maximum atomic E-state index is 6.17.